The van der Waals surface area contributed by atoms with Gasteiger partial charge in [0.1, 0.15) is 5.75 Å². The molecule has 0 radical (unpaired) electrons. The zero-order chi connectivity index (χ0) is 18.3. The number of aromatic nitrogens is 1. The Morgan fingerprint density at radius 2 is 2.00 bits per heavy atom. The van der Waals surface area contributed by atoms with E-state index in [1.165, 1.54) is 23.3 Å². The molecule has 5 nitrogen and oxygen atoms in total. The van der Waals surface area contributed by atoms with Crippen LogP contribution in [0.5, 0.6) is 5.75 Å². The molecule has 3 atom stereocenters. The molecule has 1 heterocycles. The monoisotopic (exact) mass is 350 g/mol. The van der Waals surface area contributed by atoms with Crippen molar-refractivity contribution in [1.82, 2.24) is 10.3 Å². The Labute approximate surface area is 151 Å². The van der Waals surface area contributed by atoms with E-state index in [4.69, 9.17) is 0 Å². The molecule has 26 heavy (non-hydrogen) atoms. The first-order valence-corrected chi connectivity index (χ1v) is 8.88. The maximum atomic E-state index is 11.5. The van der Waals surface area contributed by atoms with Crippen molar-refractivity contribution < 1.29 is 10.2 Å². The quantitative estimate of drug-likeness (QED) is 0.583. The zero-order valence-electron chi connectivity index (χ0n) is 14.6. The predicted octanol–water partition coefficient (Wildman–Crippen LogP) is 2.59. The van der Waals surface area contributed by atoms with Gasteiger partial charge in [-0.3, -0.25) is 4.79 Å². The van der Waals surface area contributed by atoms with Gasteiger partial charge in [-0.2, -0.15) is 0 Å². The summed E-state index contributed by atoms with van der Waals surface area (Å²) in [7, 11) is 0. The number of pyridine rings is 1. The number of hydrogen-bond donors (Lipinski definition) is 4. The van der Waals surface area contributed by atoms with Gasteiger partial charge in [0.25, 0.3) is 0 Å². The Bertz CT molecular complexity index is 1010. The van der Waals surface area contributed by atoms with E-state index < -0.39 is 6.10 Å². The van der Waals surface area contributed by atoms with Gasteiger partial charge in [0.15, 0.2) is 0 Å². The summed E-state index contributed by atoms with van der Waals surface area (Å²) < 4.78 is 0. The summed E-state index contributed by atoms with van der Waals surface area (Å²) >= 11 is 0. The van der Waals surface area contributed by atoms with Crippen LogP contribution in [0.25, 0.3) is 10.9 Å². The Balaban J connectivity index is 1.53. The number of benzene rings is 2. The number of aliphatic hydroxyl groups excluding tert-OH is 1. The van der Waals surface area contributed by atoms with E-state index in [-0.39, 0.29) is 17.4 Å². The molecule has 3 aromatic rings. The fourth-order valence-corrected chi connectivity index (χ4v) is 3.97. The first kappa shape index (κ1) is 16.8. The lowest BCUT2D eigenvalue weighted by molar-refractivity contribution is 0.170. The highest BCUT2D eigenvalue weighted by Gasteiger charge is 2.28. The average Bonchev–Trinajstić information content (AvgIpc) is 2.97. The van der Waals surface area contributed by atoms with E-state index >= 15 is 0 Å². The minimum atomic E-state index is -0.736. The average molecular weight is 350 g/mol. The molecule has 0 bridgehead atoms. The van der Waals surface area contributed by atoms with Gasteiger partial charge in [-0.05, 0) is 41.2 Å². The second-order valence-corrected chi connectivity index (χ2v) is 7.01. The number of nitrogens with one attached hydrogen (secondary N) is 2. The van der Waals surface area contributed by atoms with Crippen LogP contribution in [0.3, 0.4) is 0 Å². The lowest BCUT2D eigenvalue weighted by Gasteiger charge is -2.21. The van der Waals surface area contributed by atoms with Crippen LogP contribution < -0.4 is 10.9 Å². The molecule has 0 saturated carbocycles. The van der Waals surface area contributed by atoms with Crippen molar-refractivity contribution in [2.75, 3.05) is 6.54 Å². The molecule has 0 amide bonds. The third-order valence-corrected chi connectivity index (χ3v) is 5.43. The summed E-state index contributed by atoms with van der Waals surface area (Å²) in [5.74, 6) is 0.396. The number of aromatic amines is 1. The molecule has 1 aromatic heterocycles. The molecule has 0 spiro atoms. The molecule has 1 aliphatic rings. The topological polar surface area (TPSA) is 85.3 Å². The molecule has 0 aliphatic heterocycles. The molecule has 4 N–H and O–H groups in total. The van der Waals surface area contributed by atoms with E-state index in [2.05, 4.69) is 41.5 Å². The number of phenols is 1. The lowest BCUT2D eigenvalue weighted by atomic mass is 9.99. The Kier molecular flexibility index (Phi) is 4.26. The van der Waals surface area contributed by atoms with Crippen LogP contribution in [0, 0.1) is 0 Å². The van der Waals surface area contributed by atoms with Crippen LogP contribution in [0.4, 0.5) is 0 Å². The second-order valence-electron chi connectivity index (χ2n) is 7.01. The summed E-state index contributed by atoms with van der Waals surface area (Å²) in [6.07, 6.45) is 0.216. The number of aromatic hydroxyl groups is 1. The third kappa shape index (κ3) is 2.89. The van der Waals surface area contributed by atoms with Crippen LogP contribution in [-0.4, -0.2) is 27.8 Å². The number of fused-ring (bicyclic) bond motifs is 2. The van der Waals surface area contributed by atoms with Crippen molar-refractivity contribution in [3.05, 3.63) is 75.6 Å². The van der Waals surface area contributed by atoms with Crippen LogP contribution in [0.15, 0.2) is 53.3 Å². The predicted molar refractivity (Wildman–Crippen MR) is 102 cm³/mol. The first-order chi connectivity index (χ1) is 12.5. The van der Waals surface area contributed by atoms with E-state index in [1.807, 2.05) is 0 Å². The molecular weight excluding hydrogens is 328 g/mol. The van der Waals surface area contributed by atoms with Gasteiger partial charge >= 0.3 is 0 Å². The summed E-state index contributed by atoms with van der Waals surface area (Å²) in [6, 6.07) is 15.0. The van der Waals surface area contributed by atoms with Gasteiger partial charge in [0.2, 0.25) is 5.56 Å². The summed E-state index contributed by atoms with van der Waals surface area (Å²) in [4.78, 5) is 14.2. The van der Waals surface area contributed by atoms with E-state index in [0.29, 0.717) is 28.9 Å². The standard InChI is InChI=1S/C21H22N2O3/c1-12-14-5-3-2-4-13(14)10-17(12)22-11-19(25)15-6-8-18(24)21-16(15)7-9-20(26)23-21/h2-9,12,17,19,22,24-25H,10-11H2,1H3,(H,23,26)/t12-,17+,19?/m0/s1. The molecule has 0 fully saturated rings. The highest BCUT2D eigenvalue weighted by molar-refractivity contribution is 5.87. The van der Waals surface area contributed by atoms with Crippen LogP contribution >= 0.6 is 0 Å². The van der Waals surface area contributed by atoms with Gasteiger partial charge in [-0.25, -0.2) is 0 Å². The van der Waals surface area contributed by atoms with Gasteiger partial charge < -0.3 is 20.5 Å². The van der Waals surface area contributed by atoms with Crippen LogP contribution in [0.2, 0.25) is 0 Å². The maximum Gasteiger partial charge on any atom is 0.248 e. The number of hydrogen-bond acceptors (Lipinski definition) is 4. The smallest absolute Gasteiger partial charge is 0.248 e. The highest BCUT2D eigenvalue weighted by atomic mass is 16.3. The van der Waals surface area contributed by atoms with Crippen LogP contribution in [0.1, 0.15) is 35.6 Å². The minimum Gasteiger partial charge on any atom is -0.506 e. The van der Waals surface area contributed by atoms with E-state index in [9.17, 15) is 15.0 Å². The number of phenolic OH excluding ortho intramolecular Hbond substituents is 1. The minimum absolute atomic E-state index is 0.00136. The van der Waals surface area contributed by atoms with Crippen LogP contribution in [-0.2, 0) is 6.42 Å². The van der Waals surface area contributed by atoms with E-state index in [0.717, 1.165) is 6.42 Å². The van der Waals surface area contributed by atoms with Gasteiger partial charge in [0, 0.05) is 24.0 Å². The molecule has 1 unspecified atom stereocenters. The molecule has 2 aromatic carbocycles. The summed E-state index contributed by atoms with van der Waals surface area (Å²) in [5, 5.41) is 24.8. The number of H-pyrrole nitrogens is 1. The van der Waals surface area contributed by atoms with Crippen molar-refractivity contribution in [2.45, 2.75) is 31.4 Å². The van der Waals surface area contributed by atoms with Crippen molar-refractivity contribution in [3.63, 3.8) is 0 Å². The lowest BCUT2D eigenvalue weighted by Crippen LogP contribution is -2.35. The van der Waals surface area contributed by atoms with Crippen molar-refractivity contribution in [1.29, 1.82) is 0 Å². The fourth-order valence-electron chi connectivity index (χ4n) is 3.97. The molecular formula is C21H22N2O3. The normalized spacial score (nSPS) is 20.2. The first-order valence-electron chi connectivity index (χ1n) is 8.88. The molecule has 5 heteroatoms. The number of rotatable bonds is 4. The fraction of sp³-hybridized carbons (Fsp3) is 0.286. The maximum absolute atomic E-state index is 11.5. The SMILES string of the molecule is C[C@H]1c2ccccc2C[C@H]1NCC(O)c1ccc(O)c2[nH]c(=O)ccc12. The van der Waals surface area contributed by atoms with E-state index in [1.54, 1.807) is 12.1 Å². The van der Waals surface area contributed by atoms with Crippen molar-refractivity contribution in [2.24, 2.45) is 0 Å². The van der Waals surface area contributed by atoms with Gasteiger partial charge in [-0.1, -0.05) is 37.3 Å². The molecule has 4 rings (SSSR count). The zero-order valence-corrected chi connectivity index (χ0v) is 14.6. The Hall–Kier alpha value is -2.63. The third-order valence-electron chi connectivity index (χ3n) is 5.43. The number of aliphatic hydroxyl groups is 1. The van der Waals surface area contributed by atoms with Crippen molar-refractivity contribution >= 4 is 10.9 Å². The Morgan fingerprint density at radius 3 is 2.81 bits per heavy atom. The molecule has 134 valence electrons. The Morgan fingerprint density at radius 1 is 1.19 bits per heavy atom. The van der Waals surface area contributed by atoms with Gasteiger partial charge in [0.05, 0.1) is 11.6 Å². The highest BCUT2D eigenvalue weighted by Crippen LogP contribution is 2.33. The summed E-state index contributed by atoms with van der Waals surface area (Å²) in [5.41, 5.74) is 3.49. The molecule has 1 aliphatic carbocycles. The van der Waals surface area contributed by atoms with Crippen molar-refractivity contribution in [3.8, 4) is 5.75 Å². The summed E-state index contributed by atoms with van der Waals surface area (Å²) in [6.45, 7) is 2.61. The largest absolute Gasteiger partial charge is 0.506 e. The second kappa shape index (κ2) is 6.59. The van der Waals surface area contributed by atoms with Gasteiger partial charge in [-0.15, -0.1) is 0 Å². The molecule has 0 saturated heterocycles.